The zero-order valence-electron chi connectivity index (χ0n) is 8.17. The molecule has 0 unspecified atom stereocenters. The van der Waals surface area contributed by atoms with Crippen LogP contribution in [0.2, 0.25) is 0 Å². The average Bonchev–Trinajstić information content (AvgIpc) is 2.16. The Balaban J connectivity index is 3.24. The Bertz CT molecular complexity index is 396. The molecule has 0 saturated carbocycles. The standard InChI is InChI=1S/C10H10O6/c11-7-1-2-8(12)6(4-10(15)16)5(7)3-9(13)14/h1-2,11-12H,3-4H2,(H,13,14)(H,15,16). The van der Waals surface area contributed by atoms with Crippen molar-refractivity contribution in [2.45, 2.75) is 12.8 Å². The zero-order valence-corrected chi connectivity index (χ0v) is 8.17. The highest BCUT2D eigenvalue weighted by molar-refractivity contribution is 5.76. The Morgan fingerprint density at radius 1 is 0.875 bits per heavy atom. The second kappa shape index (κ2) is 4.52. The lowest BCUT2D eigenvalue weighted by atomic mass is 9.99. The van der Waals surface area contributed by atoms with Gasteiger partial charge in [-0.1, -0.05) is 0 Å². The molecule has 0 fully saturated rings. The van der Waals surface area contributed by atoms with Gasteiger partial charge in [-0.3, -0.25) is 9.59 Å². The van der Waals surface area contributed by atoms with E-state index in [1.807, 2.05) is 0 Å². The molecule has 0 atom stereocenters. The van der Waals surface area contributed by atoms with Crippen molar-refractivity contribution in [2.24, 2.45) is 0 Å². The van der Waals surface area contributed by atoms with Crippen LogP contribution in [0.3, 0.4) is 0 Å². The molecule has 0 spiro atoms. The summed E-state index contributed by atoms with van der Waals surface area (Å²) in [6.45, 7) is 0. The van der Waals surface area contributed by atoms with Crippen LogP contribution in [-0.4, -0.2) is 32.4 Å². The van der Waals surface area contributed by atoms with Crippen molar-refractivity contribution < 1.29 is 30.0 Å². The third-order valence-electron chi connectivity index (χ3n) is 2.04. The van der Waals surface area contributed by atoms with E-state index in [-0.39, 0.29) is 22.6 Å². The SMILES string of the molecule is O=C(O)Cc1c(O)ccc(O)c1CC(=O)O. The summed E-state index contributed by atoms with van der Waals surface area (Å²) in [5, 5.41) is 36.0. The van der Waals surface area contributed by atoms with Gasteiger partial charge in [-0.05, 0) is 12.1 Å². The van der Waals surface area contributed by atoms with Gasteiger partial charge in [-0.15, -0.1) is 0 Å². The van der Waals surface area contributed by atoms with E-state index >= 15 is 0 Å². The number of phenols is 2. The van der Waals surface area contributed by atoms with Crippen molar-refractivity contribution in [3.05, 3.63) is 23.3 Å². The number of hydrogen-bond donors (Lipinski definition) is 4. The fourth-order valence-electron chi connectivity index (χ4n) is 1.37. The molecule has 0 saturated heterocycles. The first-order chi connectivity index (χ1) is 7.41. The van der Waals surface area contributed by atoms with E-state index < -0.39 is 24.8 Å². The number of carboxylic acids is 2. The van der Waals surface area contributed by atoms with Crippen LogP contribution in [0, 0.1) is 0 Å². The third-order valence-corrected chi connectivity index (χ3v) is 2.04. The molecule has 0 aliphatic carbocycles. The quantitative estimate of drug-likeness (QED) is 0.551. The Morgan fingerprint density at radius 3 is 1.44 bits per heavy atom. The number of aliphatic carboxylic acids is 2. The van der Waals surface area contributed by atoms with Crippen LogP contribution in [0.1, 0.15) is 11.1 Å². The lowest BCUT2D eigenvalue weighted by molar-refractivity contribution is -0.137. The molecule has 0 aromatic heterocycles. The average molecular weight is 226 g/mol. The van der Waals surface area contributed by atoms with Gasteiger partial charge in [0.2, 0.25) is 0 Å². The predicted molar refractivity (Wildman–Crippen MR) is 52.5 cm³/mol. The molecule has 0 radical (unpaired) electrons. The lowest BCUT2D eigenvalue weighted by Crippen LogP contribution is -2.08. The fraction of sp³-hybridized carbons (Fsp3) is 0.200. The van der Waals surface area contributed by atoms with Crippen LogP contribution in [0.15, 0.2) is 12.1 Å². The summed E-state index contributed by atoms with van der Waals surface area (Å²) in [7, 11) is 0. The van der Waals surface area contributed by atoms with E-state index in [0.29, 0.717) is 0 Å². The molecule has 6 nitrogen and oxygen atoms in total. The fourth-order valence-corrected chi connectivity index (χ4v) is 1.37. The monoisotopic (exact) mass is 226 g/mol. The third kappa shape index (κ3) is 2.63. The van der Waals surface area contributed by atoms with Gasteiger partial charge in [0.05, 0.1) is 12.8 Å². The number of hydrogen-bond acceptors (Lipinski definition) is 4. The number of aromatic hydroxyl groups is 2. The second-order valence-corrected chi connectivity index (χ2v) is 3.20. The Hall–Kier alpha value is -2.24. The maximum absolute atomic E-state index is 10.5. The van der Waals surface area contributed by atoms with Crippen molar-refractivity contribution >= 4 is 11.9 Å². The Kier molecular flexibility index (Phi) is 3.34. The van der Waals surface area contributed by atoms with Crippen LogP contribution in [0.25, 0.3) is 0 Å². The van der Waals surface area contributed by atoms with Gasteiger partial charge in [-0.25, -0.2) is 0 Å². The molecule has 16 heavy (non-hydrogen) atoms. The summed E-state index contributed by atoms with van der Waals surface area (Å²) in [5.74, 6) is -3.10. The molecule has 4 N–H and O–H groups in total. The number of carboxylic acid groups (broad SMARTS) is 2. The molecule has 1 aromatic carbocycles. The molecular weight excluding hydrogens is 216 g/mol. The van der Waals surface area contributed by atoms with Crippen LogP contribution < -0.4 is 0 Å². The predicted octanol–water partition coefficient (Wildman–Crippen LogP) is 0.352. The van der Waals surface area contributed by atoms with E-state index in [9.17, 15) is 19.8 Å². The Labute approximate surface area is 90.4 Å². The number of benzene rings is 1. The summed E-state index contributed by atoms with van der Waals surface area (Å²) >= 11 is 0. The summed E-state index contributed by atoms with van der Waals surface area (Å²) in [6.07, 6.45) is -1.08. The molecule has 0 heterocycles. The summed E-state index contributed by atoms with van der Waals surface area (Å²) in [5.41, 5.74) is -0.148. The van der Waals surface area contributed by atoms with Gasteiger partial charge in [0.25, 0.3) is 0 Å². The van der Waals surface area contributed by atoms with Crippen molar-refractivity contribution in [1.82, 2.24) is 0 Å². The van der Waals surface area contributed by atoms with Crippen molar-refractivity contribution in [1.29, 1.82) is 0 Å². The van der Waals surface area contributed by atoms with E-state index in [2.05, 4.69) is 0 Å². The molecule has 0 aliphatic heterocycles. The van der Waals surface area contributed by atoms with Gasteiger partial charge in [-0.2, -0.15) is 0 Å². The first-order valence-electron chi connectivity index (χ1n) is 4.38. The molecule has 0 bridgehead atoms. The first kappa shape index (κ1) is 11.8. The van der Waals surface area contributed by atoms with Crippen LogP contribution >= 0.6 is 0 Å². The highest BCUT2D eigenvalue weighted by Crippen LogP contribution is 2.29. The minimum absolute atomic E-state index is 0.0742. The van der Waals surface area contributed by atoms with Gasteiger partial charge in [0, 0.05) is 11.1 Å². The molecule has 0 amide bonds. The minimum atomic E-state index is -1.22. The largest absolute Gasteiger partial charge is 0.508 e. The highest BCUT2D eigenvalue weighted by Gasteiger charge is 2.17. The maximum atomic E-state index is 10.5. The van der Waals surface area contributed by atoms with E-state index in [1.165, 1.54) is 0 Å². The lowest BCUT2D eigenvalue weighted by Gasteiger charge is -2.09. The van der Waals surface area contributed by atoms with Crippen LogP contribution in [0.4, 0.5) is 0 Å². The molecule has 86 valence electrons. The molecular formula is C10H10O6. The van der Waals surface area contributed by atoms with E-state index in [1.54, 1.807) is 0 Å². The number of rotatable bonds is 4. The van der Waals surface area contributed by atoms with Crippen molar-refractivity contribution in [3.8, 4) is 11.5 Å². The number of phenolic OH excluding ortho intramolecular Hbond substituents is 2. The van der Waals surface area contributed by atoms with Crippen LogP contribution in [0.5, 0.6) is 11.5 Å². The first-order valence-corrected chi connectivity index (χ1v) is 4.38. The number of carbonyl (C=O) groups is 2. The maximum Gasteiger partial charge on any atom is 0.307 e. The zero-order chi connectivity index (χ0) is 12.3. The van der Waals surface area contributed by atoms with Gasteiger partial charge < -0.3 is 20.4 Å². The normalized spacial score (nSPS) is 10.0. The summed E-state index contributed by atoms with van der Waals surface area (Å²) in [6, 6.07) is 2.25. The van der Waals surface area contributed by atoms with Crippen LogP contribution in [-0.2, 0) is 22.4 Å². The highest BCUT2D eigenvalue weighted by atomic mass is 16.4. The summed E-state index contributed by atoms with van der Waals surface area (Å²) < 4.78 is 0. The minimum Gasteiger partial charge on any atom is -0.508 e. The summed E-state index contributed by atoms with van der Waals surface area (Å²) in [4.78, 5) is 21.1. The van der Waals surface area contributed by atoms with Crippen molar-refractivity contribution in [3.63, 3.8) is 0 Å². The molecule has 0 aliphatic rings. The molecule has 1 aromatic rings. The second-order valence-electron chi connectivity index (χ2n) is 3.20. The smallest absolute Gasteiger partial charge is 0.307 e. The topological polar surface area (TPSA) is 115 Å². The van der Waals surface area contributed by atoms with E-state index in [0.717, 1.165) is 12.1 Å². The Morgan fingerprint density at radius 2 is 1.19 bits per heavy atom. The van der Waals surface area contributed by atoms with Crippen molar-refractivity contribution in [2.75, 3.05) is 0 Å². The van der Waals surface area contributed by atoms with Gasteiger partial charge >= 0.3 is 11.9 Å². The van der Waals surface area contributed by atoms with Gasteiger partial charge in [0.1, 0.15) is 11.5 Å². The van der Waals surface area contributed by atoms with E-state index in [4.69, 9.17) is 10.2 Å². The van der Waals surface area contributed by atoms with Gasteiger partial charge in [0.15, 0.2) is 0 Å². The molecule has 1 rings (SSSR count). The molecule has 6 heteroatoms.